The molecule has 2 aromatic heterocycles. The lowest BCUT2D eigenvalue weighted by molar-refractivity contribution is 0.0342. The molecule has 3 aromatic rings. The third kappa shape index (κ3) is 5.92. The lowest BCUT2D eigenvalue weighted by atomic mass is 10.1. The van der Waals surface area contributed by atoms with Crippen molar-refractivity contribution >= 4 is 21.6 Å². The molecule has 1 aromatic carbocycles. The molecule has 1 atom stereocenters. The normalized spacial score (nSPS) is 12.7. The van der Waals surface area contributed by atoms with Gasteiger partial charge >= 0.3 is 0 Å². The zero-order valence-electron chi connectivity index (χ0n) is 18.6. The number of fused-ring (bicyclic) bond motifs is 1. The number of para-hydroxylation sites is 1. The Balaban J connectivity index is 1.89. The third-order valence-electron chi connectivity index (χ3n) is 5.11. The van der Waals surface area contributed by atoms with Crippen LogP contribution in [0.1, 0.15) is 26.1 Å². The van der Waals surface area contributed by atoms with E-state index in [0.717, 1.165) is 29.8 Å². The van der Waals surface area contributed by atoms with E-state index in [1.54, 1.807) is 14.2 Å². The summed E-state index contributed by atoms with van der Waals surface area (Å²) in [7, 11) is 3.20. The highest BCUT2D eigenvalue weighted by Crippen LogP contribution is 2.36. The Bertz CT molecular complexity index is 1050. The van der Waals surface area contributed by atoms with Gasteiger partial charge in [-0.1, -0.05) is 32.0 Å². The molecule has 0 fully saturated rings. The van der Waals surface area contributed by atoms with Crippen LogP contribution in [0.25, 0.3) is 21.3 Å². The van der Waals surface area contributed by atoms with E-state index in [4.69, 9.17) is 14.5 Å². The van der Waals surface area contributed by atoms with Crippen LogP contribution in [0.2, 0.25) is 0 Å². The number of aromatic nitrogens is 2. The van der Waals surface area contributed by atoms with E-state index in [0.29, 0.717) is 35.0 Å². The van der Waals surface area contributed by atoms with Gasteiger partial charge in [0.2, 0.25) is 0 Å². The Hall–Kier alpha value is -2.26. The first-order valence-corrected chi connectivity index (χ1v) is 11.3. The maximum Gasteiger partial charge on any atom is 0.260 e. The van der Waals surface area contributed by atoms with Gasteiger partial charge in [0.05, 0.1) is 31.8 Å². The number of aliphatic hydroxyl groups is 1. The fraction of sp³-hybridized carbons (Fsp3) is 0.478. The Morgan fingerprint density at radius 1 is 1.23 bits per heavy atom. The van der Waals surface area contributed by atoms with Gasteiger partial charge in [0.25, 0.3) is 5.56 Å². The number of benzene rings is 1. The highest BCUT2D eigenvalue weighted by molar-refractivity contribution is 7.17. The second kappa shape index (κ2) is 10.9. The summed E-state index contributed by atoms with van der Waals surface area (Å²) >= 11 is 1.45. The van der Waals surface area contributed by atoms with Gasteiger partial charge in [-0.25, -0.2) is 4.98 Å². The van der Waals surface area contributed by atoms with Crippen LogP contribution >= 0.6 is 11.3 Å². The number of ether oxygens (including phenoxy) is 2. The standard InChI is InChI=1S/C23H31N3O4S/c1-15(2)9-10-26(11-16(27)13-29-3)12-20-24-22(28)21-18(14-31-23(21)25-20)17-7-5-6-8-19(17)30-4/h5-8,14-16,27H,9-13H2,1-4H3,(H,24,25,28)/t16-/m0/s1. The van der Waals surface area contributed by atoms with Crippen molar-refractivity contribution in [3.63, 3.8) is 0 Å². The number of nitrogens with one attached hydrogen (secondary N) is 1. The molecule has 0 aliphatic heterocycles. The van der Waals surface area contributed by atoms with Gasteiger partial charge in [-0.2, -0.15) is 0 Å². The molecule has 31 heavy (non-hydrogen) atoms. The van der Waals surface area contributed by atoms with Crippen molar-refractivity contribution in [3.8, 4) is 16.9 Å². The van der Waals surface area contributed by atoms with Crippen LogP contribution in [0.5, 0.6) is 5.75 Å². The summed E-state index contributed by atoms with van der Waals surface area (Å²) in [4.78, 5) is 23.5. The zero-order chi connectivity index (χ0) is 22.4. The lowest BCUT2D eigenvalue weighted by Gasteiger charge is -2.25. The molecule has 2 heterocycles. The van der Waals surface area contributed by atoms with E-state index in [1.807, 2.05) is 29.6 Å². The minimum Gasteiger partial charge on any atom is -0.496 e. The second-order valence-corrected chi connectivity index (χ2v) is 8.93. The van der Waals surface area contributed by atoms with Crippen LogP contribution in [0.15, 0.2) is 34.4 Å². The molecule has 0 aliphatic carbocycles. The molecule has 2 N–H and O–H groups in total. The largest absolute Gasteiger partial charge is 0.496 e. The van der Waals surface area contributed by atoms with Gasteiger partial charge < -0.3 is 19.6 Å². The summed E-state index contributed by atoms with van der Waals surface area (Å²) in [6.07, 6.45) is 0.398. The monoisotopic (exact) mass is 445 g/mol. The smallest absolute Gasteiger partial charge is 0.260 e. The van der Waals surface area contributed by atoms with E-state index in [1.165, 1.54) is 11.3 Å². The van der Waals surface area contributed by atoms with E-state index in [-0.39, 0.29) is 12.2 Å². The quantitative estimate of drug-likeness (QED) is 0.470. The van der Waals surface area contributed by atoms with Crippen LogP contribution in [-0.4, -0.2) is 60.0 Å². The molecule has 0 saturated carbocycles. The predicted octanol–water partition coefficient (Wildman–Crippen LogP) is 3.52. The molecule has 0 spiro atoms. The van der Waals surface area contributed by atoms with Crippen molar-refractivity contribution < 1.29 is 14.6 Å². The summed E-state index contributed by atoms with van der Waals surface area (Å²) in [5, 5.41) is 12.7. The van der Waals surface area contributed by atoms with Crippen molar-refractivity contribution in [2.24, 2.45) is 5.92 Å². The first-order valence-electron chi connectivity index (χ1n) is 10.5. The van der Waals surface area contributed by atoms with Crippen molar-refractivity contribution in [1.82, 2.24) is 14.9 Å². The fourth-order valence-electron chi connectivity index (χ4n) is 3.56. The molecule has 0 radical (unpaired) electrons. The fourth-order valence-corrected chi connectivity index (χ4v) is 4.52. The van der Waals surface area contributed by atoms with Gasteiger partial charge in [0.15, 0.2) is 0 Å². The minimum absolute atomic E-state index is 0.164. The molecule has 3 rings (SSSR count). The summed E-state index contributed by atoms with van der Waals surface area (Å²) in [6, 6.07) is 7.65. The van der Waals surface area contributed by atoms with Crippen LogP contribution < -0.4 is 10.3 Å². The van der Waals surface area contributed by atoms with E-state index in [9.17, 15) is 9.90 Å². The van der Waals surface area contributed by atoms with Gasteiger partial charge in [-0.15, -0.1) is 11.3 Å². The van der Waals surface area contributed by atoms with Crippen molar-refractivity contribution in [2.45, 2.75) is 32.9 Å². The number of methoxy groups -OCH3 is 2. The Labute approximate surface area is 186 Å². The number of nitrogens with zero attached hydrogens (tertiary/aromatic N) is 2. The van der Waals surface area contributed by atoms with Gasteiger partial charge in [-0.05, 0) is 24.9 Å². The SMILES string of the molecule is COC[C@@H](O)CN(CCC(C)C)Cc1nc2scc(-c3ccccc3OC)c2c(=O)[nH]1. The Morgan fingerprint density at radius 3 is 2.71 bits per heavy atom. The van der Waals surface area contributed by atoms with Crippen molar-refractivity contribution in [3.05, 3.63) is 45.8 Å². The van der Waals surface area contributed by atoms with E-state index >= 15 is 0 Å². The number of hydrogen-bond acceptors (Lipinski definition) is 7. The topological polar surface area (TPSA) is 87.7 Å². The van der Waals surface area contributed by atoms with Crippen LogP contribution in [0.3, 0.4) is 0 Å². The predicted molar refractivity (Wildman–Crippen MR) is 125 cm³/mol. The van der Waals surface area contributed by atoms with E-state index in [2.05, 4.69) is 23.7 Å². The third-order valence-corrected chi connectivity index (χ3v) is 5.99. The first-order chi connectivity index (χ1) is 14.9. The molecule has 0 unspecified atom stereocenters. The Morgan fingerprint density at radius 2 is 2.00 bits per heavy atom. The summed E-state index contributed by atoms with van der Waals surface area (Å²) in [5.74, 6) is 1.86. The summed E-state index contributed by atoms with van der Waals surface area (Å²) < 4.78 is 10.5. The van der Waals surface area contributed by atoms with Gasteiger partial charge in [-0.3, -0.25) is 9.69 Å². The number of aromatic amines is 1. The molecule has 0 aliphatic rings. The summed E-state index contributed by atoms with van der Waals surface area (Å²) in [6.45, 7) is 6.33. The average molecular weight is 446 g/mol. The minimum atomic E-state index is -0.591. The van der Waals surface area contributed by atoms with Crippen LogP contribution in [-0.2, 0) is 11.3 Å². The van der Waals surface area contributed by atoms with Crippen LogP contribution in [0.4, 0.5) is 0 Å². The van der Waals surface area contributed by atoms with Gasteiger partial charge in [0.1, 0.15) is 16.4 Å². The lowest BCUT2D eigenvalue weighted by Crippen LogP contribution is -2.36. The molecule has 8 heteroatoms. The number of hydrogen-bond donors (Lipinski definition) is 2. The number of aliphatic hydroxyl groups excluding tert-OH is 1. The number of H-pyrrole nitrogens is 1. The van der Waals surface area contributed by atoms with E-state index < -0.39 is 6.10 Å². The highest BCUT2D eigenvalue weighted by atomic mass is 32.1. The molecule has 0 bridgehead atoms. The molecular formula is C23H31N3O4S. The van der Waals surface area contributed by atoms with Gasteiger partial charge in [0, 0.05) is 30.2 Å². The maximum absolute atomic E-state index is 13.0. The maximum atomic E-state index is 13.0. The molecule has 0 amide bonds. The van der Waals surface area contributed by atoms with Crippen molar-refractivity contribution in [1.29, 1.82) is 0 Å². The second-order valence-electron chi connectivity index (χ2n) is 8.07. The molecule has 0 saturated heterocycles. The highest BCUT2D eigenvalue weighted by Gasteiger charge is 2.18. The molecular weight excluding hydrogens is 414 g/mol. The van der Waals surface area contributed by atoms with Crippen molar-refractivity contribution in [2.75, 3.05) is 33.9 Å². The number of thiophene rings is 1. The van der Waals surface area contributed by atoms with Crippen LogP contribution in [0, 0.1) is 5.92 Å². The summed E-state index contributed by atoms with van der Waals surface area (Å²) in [5.41, 5.74) is 1.53. The first kappa shape index (κ1) is 23.4. The molecule has 7 nitrogen and oxygen atoms in total. The Kier molecular flexibility index (Phi) is 8.20. The average Bonchev–Trinajstić information content (AvgIpc) is 3.16. The number of rotatable bonds is 11. The zero-order valence-corrected chi connectivity index (χ0v) is 19.4. The molecule has 168 valence electrons.